The molecule has 1 heterocycles. The number of hydrogen-bond acceptors (Lipinski definition) is 3. The molecule has 0 radical (unpaired) electrons. The number of nitrogens with one attached hydrogen (secondary N) is 2. The summed E-state index contributed by atoms with van der Waals surface area (Å²) >= 11 is 5.64. The van der Waals surface area contributed by atoms with Gasteiger partial charge < -0.3 is 4.98 Å². The number of H-pyrrole nitrogens is 1. The van der Waals surface area contributed by atoms with Gasteiger partial charge in [0, 0.05) is 6.20 Å². The highest BCUT2D eigenvalue weighted by Crippen LogP contribution is 2.20. The predicted octanol–water partition coefficient (Wildman–Crippen LogP) is 2.45. The zero-order valence-corrected chi connectivity index (χ0v) is 12.5. The van der Waals surface area contributed by atoms with E-state index >= 15 is 0 Å². The van der Waals surface area contributed by atoms with Gasteiger partial charge in [-0.15, -0.1) is 0 Å². The van der Waals surface area contributed by atoms with E-state index in [-0.39, 0.29) is 9.92 Å². The van der Waals surface area contributed by atoms with Crippen LogP contribution in [0.25, 0.3) is 0 Å². The quantitative estimate of drug-likeness (QED) is 0.913. The van der Waals surface area contributed by atoms with Crippen LogP contribution in [0.2, 0.25) is 5.02 Å². The summed E-state index contributed by atoms with van der Waals surface area (Å²) in [4.78, 5) is 13.3. The molecular weight excluding hydrogens is 300 g/mol. The second-order valence-corrected chi connectivity index (χ2v) is 6.53. The Labute approximate surface area is 121 Å². The largest absolute Gasteiger partial charge is 0.326 e. The number of aryl methyl sites for hydroxylation is 2. The molecule has 2 N–H and O–H groups in total. The first-order valence-corrected chi connectivity index (χ1v) is 7.64. The minimum absolute atomic E-state index is 0.0953. The fourth-order valence-corrected chi connectivity index (χ4v) is 3.08. The summed E-state index contributed by atoms with van der Waals surface area (Å²) in [6, 6.07) is 6.49. The number of hydrogen-bond donors (Lipinski definition) is 2. The Morgan fingerprint density at radius 3 is 2.50 bits per heavy atom. The van der Waals surface area contributed by atoms with Crippen molar-refractivity contribution in [3.05, 3.63) is 57.0 Å². The Hall–Kier alpha value is -1.79. The van der Waals surface area contributed by atoms with Crippen molar-refractivity contribution in [1.29, 1.82) is 0 Å². The van der Waals surface area contributed by atoms with Crippen LogP contribution < -0.4 is 10.3 Å². The van der Waals surface area contributed by atoms with Crippen LogP contribution in [0.5, 0.6) is 0 Å². The number of anilines is 1. The smallest absolute Gasteiger partial charge is 0.266 e. The Morgan fingerprint density at radius 1 is 1.20 bits per heavy atom. The number of benzene rings is 1. The van der Waals surface area contributed by atoms with Crippen molar-refractivity contribution in [2.75, 3.05) is 4.72 Å². The molecule has 1 aromatic carbocycles. The molecule has 2 rings (SSSR count). The van der Waals surface area contributed by atoms with Crippen LogP contribution in [0.4, 0.5) is 5.69 Å². The van der Waals surface area contributed by atoms with Crippen molar-refractivity contribution in [1.82, 2.24) is 4.98 Å². The molecule has 0 saturated heterocycles. The van der Waals surface area contributed by atoms with Crippen molar-refractivity contribution in [2.45, 2.75) is 18.7 Å². The third kappa shape index (κ3) is 3.02. The van der Waals surface area contributed by atoms with Gasteiger partial charge in [-0.2, -0.15) is 0 Å². The molecule has 7 heteroatoms. The lowest BCUT2D eigenvalue weighted by Gasteiger charge is -2.11. The molecule has 0 spiro atoms. The van der Waals surface area contributed by atoms with Crippen LogP contribution in [0, 0.1) is 13.8 Å². The van der Waals surface area contributed by atoms with Crippen LogP contribution in [0.3, 0.4) is 0 Å². The third-order valence-electron chi connectivity index (χ3n) is 2.77. The first kappa shape index (κ1) is 14.6. The van der Waals surface area contributed by atoms with Gasteiger partial charge in [0.25, 0.3) is 15.6 Å². The number of pyridine rings is 1. The van der Waals surface area contributed by atoms with E-state index in [4.69, 9.17) is 11.6 Å². The highest BCUT2D eigenvalue weighted by atomic mass is 35.5. The number of aromatic nitrogens is 1. The minimum atomic E-state index is -3.79. The highest BCUT2D eigenvalue weighted by Gasteiger charge is 2.16. The van der Waals surface area contributed by atoms with Gasteiger partial charge in [0.1, 0.15) is 9.92 Å². The summed E-state index contributed by atoms with van der Waals surface area (Å²) in [5.41, 5.74) is 1.80. The van der Waals surface area contributed by atoms with E-state index < -0.39 is 15.6 Å². The fraction of sp³-hybridized carbons (Fsp3) is 0.154. The normalized spacial score (nSPS) is 11.3. The standard InChI is InChI=1S/C13H13ClN2O3S/c1-8-3-4-12(9(2)5-8)16-20(18,19)10-6-11(14)13(17)15-7-10/h3-7,16H,1-2H3,(H,15,17). The van der Waals surface area contributed by atoms with Crippen LogP contribution >= 0.6 is 11.6 Å². The summed E-state index contributed by atoms with van der Waals surface area (Å²) in [5.74, 6) is 0. The van der Waals surface area contributed by atoms with E-state index in [2.05, 4.69) is 9.71 Å². The van der Waals surface area contributed by atoms with Crippen molar-refractivity contribution < 1.29 is 8.42 Å². The molecule has 0 amide bonds. The topological polar surface area (TPSA) is 79.0 Å². The molecule has 0 saturated carbocycles. The van der Waals surface area contributed by atoms with E-state index in [9.17, 15) is 13.2 Å². The minimum Gasteiger partial charge on any atom is -0.326 e. The maximum Gasteiger partial charge on any atom is 0.266 e. The Morgan fingerprint density at radius 2 is 1.90 bits per heavy atom. The Bertz CT molecular complexity index is 813. The highest BCUT2D eigenvalue weighted by molar-refractivity contribution is 7.92. The van der Waals surface area contributed by atoms with Crippen LogP contribution in [-0.2, 0) is 10.0 Å². The molecule has 0 aliphatic carbocycles. The average Bonchev–Trinajstić information content (AvgIpc) is 2.36. The Balaban J connectivity index is 2.40. The van der Waals surface area contributed by atoms with E-state index in [0.29, 0.717) is 5.69 Å². The lowest BCUT2D eigenvalue weighted by Crippen LogP contribution is -2.16. The maximum absolute atomic E-state index is 12.2. The molecule has 1 aromatic heterocycles. The third-order valence-corrected chi connectivity index (χ3v) is 4.39. The zero-order valence-electron chi connectivity index (χ0n) is 10.9. The molecule has 0 bridgehead atoms. The molecule has 5 nitrogen and oxygen atoms in total. The van der Waals surface area contributed by atoms with Gasteiger partial charge in [-0.25, -0.2) is 8.42 Å². The Kier molecular flexibility index (Phi) is 3.87. The molecule has 0 fully saturated rings. The van der Waals surface area contributed by atoms with Gasteiger partial charge >= 0.3 is 0 Å². The zero-order chi connectivity index (χ0) is 14.9. The predicted molar refractivity (Wildman–Crippen MR) is 78.8 cm³/mol. The molecule has 0 atom stereocenters. The van der Waals surface area contributed by atoms with Crippen LogP contribution in [-0.4, -0.2) is 13.4 Å². The average molecular weight is 313 g/mol. The van der Waals surface area contributed by atoms with E-state index in [1.165, 1.54) is 0 Å². The van der Waals surface area contributed by atoms with Gasteiger partial charge in [0.05, 0.1) is 5.69 Å². The first-order valence-electron chi connectivity index (χ1n) is 5.78. The summed E-state index contributed by atoms with van der Waals surface area (Å²) in [5, 5.41) is -0.173. The molecule has 106 valence electrons. The van der Waals surface area contributed by atoms with Gasteiger partial charge in [-0.1, -0.05) is 29.3 Å². The first-order chi connectivity index (χ1) is 9.29. The monoisotopic (exact) mass is 312 g/mol. The van der Waals surface area contributed by atoms with E-state index in [0.717, 1.165) is 23.4 Å². The summed E-state index contributed by atoms with van der Waals surface area (Å²) in [6.45, 7) is 3.73. The van der Waals surface area contributed by atoms with Crippen molar-refractivity contribution in [3.8, 4) is 0 Å². The van der Waals surface area contributed by atoms with E-state index in [1.807, 2.05) is 26.0 Å². The number of aromatic amines is 1. The van der Waals surface area contributed by atoms with Gasteiger partial charge in [-0.05, 0) is 31.5 Å². The van der Waals surface area contributed by atoms with Crippen LogP contribution in [0.15, 0.2) is 40.2 Å². The SMILES string of the molecule is Cc1ccc(NS(=O)(=O)c2c[nH]c(=O)c(Cl)c2)c(C)c1. The molecule has 2 aromatic rings. The fourth-order valence-electron chi connectivity index (χ4n) is 1.72. The second-order valence-electron chi connectivity index (χ2n) is 4.44. The molecule has 20 heavy (non-hydrogen) atoms. The number of rotatable bonds is 3. The molecular formula is C13H13ClN2O3S. The van der Waals surface area contributed by atoms with Crippen LogP contribution in [0.1, 0.15) is 11.1 Å². The van der Waals surface area contributed by atoms with E-state index in [1.54, 1.807) is 6.07 Å². The maximum atomic E-state index is 12.2. The molecule has 0 unspecified atom stereocenters. The molecule has 0 aliphatic heterocycles. The summed E-state index contributed by atoms with van der Waals surface area (Å²) in [7, 11) is -3.79. The number of sulfonamides is 1. The van der Waals surface area contributed by atoms with Gasteiger partial charge in [0.15, 0.2) is 0 Å². The molecule has 0 aliphatic rings. The lowest BCUT2D eigenvalue weighted by atomic mass is 10.1. The van der Waals surface area contributed by atoms with Crippen molar-refractivity contribution in [3.63, 3.8) is 0 Å². The van der Waals surface area contributed by atoms with Gasteiger partial charge in [-0.3, -0.25) is 9.52 Å². The lowest BCUT2D eigenvalue weighted by molar-refractivity contribution is 0.600. The van der Waals surface area contributed by atoms with Gasteiger partial charge in [0.2, 0.25) is 0 Å². The second kappa shape index (κ2) is 5.30. The van der Waals surface area contributed by atoms with Crippen molar-refractivity contribution in [2.24, 2.45) is 0 Å². The number of halogens is 1. The summed E-state index contributed by atoms with van der Waals surface area (Å²) < 4.78 is 26.9. The van der Waals surface area contributed by atoms with Crippen molar-refractivity contribution >= 4 is 27.3 Å². The summed E-state index contributed by atoms with van der Waals surface area (Å²) in [6.07, 6.45) is 1.11.